The van der Waals surface area contributed by atoms with E-state index in [1.165, 1.54) is 0 Å². The van der Waals surface area contributed by atoms with E-state index in [1.54, 1.807) is 6.92 Å². The van der Waals surface area contributed by atoms with Crippen molar-refractivity contribution in [2.24, 2.45) is 0 Å². The Balaban J connectivity index is 1.14. The fraction of sp³-hybridized carbons (Fsp3) is 0.353. The van der Waals surface area contributed by atoms with Crippen LogP contribution in [0.2, 0.25) is 5.02 Å². The summed E-state index contributed by atoms with van der Waals surface area (Å²) in [5, 5.41) is 9.30. The van der Waals surface area contributed by atoms with E-state index in [-0.39, 0.29) is 23.6 Å². The van der Waals surface area contributed by atoms with Crippen molar-refractivity contribution in [2.45, 2.75) is 50.7 Å². The van der Waals surface area contributed by atoms with E-state index in [0.717, 1.165) is 67.7 Å². The molecule has 226 valence electrons. The molecule has 0 spiro atoms. The molecular formula is C34H35ClN6O3. The summed E-state index contributed by atoms with van der Waals surface area (Å²) in [4.78, 5) is 37.1. The van der Waals surface area contributed by atoms with Crippen molar-refractivity contribution in [2.75, 3.05) is 31.1 Å². The van der Waals surface area contributed by atoms with Crippen LogP contribution in [-0.4, -0.2) is 57.7 Å². The van der Waals surface area contributed by atoms with E-state index >= 15 is 0 Å². The van der Waals surface area contributed by atoms with Gasteiger partial charge in [0.15, 0.2) is 0 Å². The van der Waals surface area contributed by atoms with Crippen LogP contribution < -0.4 is 15.8 Å². The zero-order valence-corrected chi connectivity index (χ0v) is 25.4. The lowest BCUT2D eigenvalue weighted by Crippen LogP contribution is -2.52. The second-order valence-corrected chi connectivity index (χ2v) is 12.2. The number of fused-ring (bicyclic) bond motifs is 3. The molecule has 3 aromatic heterocycles. The molecule has 1 saturated carbocycles. The monoisotopic (exact) mass is 610 g/mol. The maximum atomic E-state index is 14.1. The molecule has 1 N–H and O–H groups in total. The number of piperazine rings is 1. The summed E-state index contributed by atoms with van der Waals surface area (Å²) < 4.78 is 7.30. The summed E-state index contributed by atoms with van der Waals surface area (Å²) in [6.45, 7) is 4.84. The fourth-order valence-corrected chi connectivity index (χ4v) is 7.32. The summed E-state index contributed by atoms with van der Waals surface area (Å²) in [5.41, 5.74) is 2.10. The topological polar surface area (TPSA) is 96.5 Å². The summed E-state index contributed by atoms with van der Waals surface area (Å²) in [5.74, 6) is 1.44. The number of anilines is 1. The molecule has 0 bridgehead atoms. The van der Waals surface area contributed by atoms with Crippen LogP contribution >= 0.6 is 11.6 Å². The molecule has 1 aliphatic heterocycles. The number of aromatic nitrogens is 3. The Hall–Kier alpha value is -4.21. The molecule has 5 aromatic rings. The van der Waals surface area contributed by atoms with Gasteiger partial charge in [0.2, 0.25) is 5.91 Å². The van der Waals surface area contributed by atoms with E-state index in [9.17, 15) is 9.59 Å². The second-order valence-electron chi connectivity index (χ2n) is 11.8. The van der Waals surface area contributed by atoms with Crippen molar-refractivity contribution in [1.82, 2.24) is 24.9 Å². The Morgan fingerprint density at radius 3 is 2.55 bits per heavy atom. The first-order valence-corrected chi connectivity index (χ1v) is 15.7. The van der Waals surface area contributed by atoms with Crippen molar-refractivity contribution in [1.29, 1.82) is 0 Å². The van der Waals surface area contributed by atoms with Crippen LogP contribution in [0.15, 0.2) is 82.2 Å². The number of hydrogen-bond acceptors (Lipinski definition) is 7. The second kappa shape index (κ2) is 12.1. The van der Waals surface area contributed by atoms with Crippen molar-refractivity contribution < 1.29 is 9.32 Å². The first-order chi connectivity index (χ1) is 21.5. The van der Waals surface area contributed by atoms with Gasteiger partial charge in [0, 0.05) is 49.8 Å². The maximum absolute atomic E-state index is 14.1. The van der Waals surface area contributed by atoms with Crippen LogP contribution in [0.3, 0.4) is 0 Å². The number of amides is 1. The van der Waals surface area contributed by atoms with Gasteiger partial charge < -0.3 is 19.3 Å². The third kappa shape index (κ3) is 5.24. The first-order valence-electron chi connectivity index (χ1n) is 15.3. The zero-order chi connectivity index (χ0) is 30.2. The van der Waals surface area contributed by atoms with Gasteiger partial charge in [0.05, 0.1) is 10.5 Å². The third-order valence-electron chi connectivity index (χ3n) is 9.16. The minimum absolute atomic E-state index is 0.00119. The Bertz CT molecular complexity index is 1850. The van der Waals surface area contributed by atoms with Crippen LogP contribution in [0.5, 0.6) is 0 Å². The van der Waals surface area contributed by atoms with E-state index in [1.807, 2.05) is 77.5 Å². The van der Waals surface area contributed by atoms with Gasteiger partial charge in [0.1, 0.15) is 28.5 Å². The average Bonchev–Trinajstić information content (AvgIpc) is 3.44. The van der Waals surface area contributed by atoms with E-state index in [0.29, 0.717) is 28.1 Å². The number of carbonyl (C=O) groups excluding carboxylic acids is 1. The molecule has 1 aliphatic carbocycles. The normalized spacial score (nSPS) is 20.2. The summed E-state index contributed by atoms with van der Waals surface area (Å²) in [6, 6.07) is 21.0. The molecule has 2 fully saturated rings. The molecular weight excluding hydrogens is 576 g/mol. The quantitative estimate of drug-likeness (QED) is 0.265. The average molecular weight is 611 g/mol. The highest BCUT2D eigenvalue weighted by atomic mass is 35.5. The highest BCUT2D eigenvalue weighted by Crippen LogP contribution is 2.36. The predicted octanol–water partition coefficient (Wildman–Crippen LogP) is 5.66. The molecule has 44 heavy (non-hydrogen) atoms. The largest absolute Gasteiger partial charge is 0.360 e. The number of nitrogens with one attached hydrogen (secondary N) is 1. The smallest absolute Gasteiger partial charge is 0.264 e. The van der Waals surface area contributed by atoms with Gasteiger partial charge >= 0.3 is 0 Å². The first kappa shape index (κ1) is 28.6. The molecule has 0 radical (unpaired) electrons. The van der Waals surface area contributed by atoms with Crippen LogP contribution in [0, 0.1) is 6.92 Å². The molecule has 3 unspecified atom stereocenters. The van der Waals surface area contributed by atoms with E-state index in [2.05, 4.69) is 25.3 Å². The Morgan fingerprint density at radius 1 is 0.977 bits per heavy atom. The van der Waals surface area contributed by atoms with Crippen molar-refractivity contribution in [3.63, 3.8) is 0 Å². The molecule has 7 rings (SSSR count). The summed E-state index contributed by atoms with van der Waals surface area (Å²) in [7, 11) is 0. The number of carbonyl (C=O) groups is 1. The lowest BCUT2D eigenvalue weighted by atomic mass is 9.89. The van der Waals surface area contributed by atoms with Crippen molar-refractivity contribution in [3.8, 4) is 0 Å². The van der Waals surface area contributed by atoms with Crippen LogP contribution in [-0.2, 0) is 4.79 Å². The fourth-order valence-electron chi connectivity index (χ4n) is 7.06. The highest BCUT2D eigenvalue weighted by Gasteiger charge is 2.34. The molecule has 2 aromatic carbocycles. The van der Waals surface area contributed by atoms with E-state index < -0.39 is 6.04 Å². The molecule has 9 nitrogen and oxygen atoms in total. The highest BCUT2D eigenvalue weighted by molar-refractivity contribution is 6.37. The van der Waals surface area contributed by atoms with Gasteiger partial charge in [-0.25, -0.2) is 4.98 Å². The number of benzene rings is 2. The van der Waals surface area contributed by atoms with Gasteiger partial charge in [-0.05, 0) is 62.4 Å². The van der Waals surface area contributed by atoms with Crippen LogP contribution in [0.4, 0.5) is 5.82 Å². The van der Waals surface area contributed by atoms with Crippen LogP contribution in [0.1, 0.15) is 49.1 Å². The Labute approximate surface area is 260 Å². The van der Waals surface area contributed by atoms with Crippen molar-refractivity contribution in [3.05, 3.63) is 99.6 Å². The lowest BCUT2D eigenvalue weighted by molar-refractivity contribution is -0.128. The maximum Gasteiger partial charge on any atom is 0.264 e. The number of aryl methyl sites for hydroxylation is 1. The molecule has 2 aliphatic rings. The third-order valence-corrected chi connectivity index (χ3v) is 9.47. The van der Waals surface area contributed by atoms with Gasteiger partial charge in [-0.3, -0.25) is 14.5 Å². The number of halogens is 1. The summed E-state index contributed by atoms with van der Waals surface area (Å²) in [6.07, 6.45) is 5.05. The Morgan fingerprint density at radius 2 is 1.77 bits per heavy atom. The number of hydrogen-bond donors (Lipinski definition) is 1. The predicted molar refractivity (Wildman–Crippen MR) is 172 cm³/mol. The van der Waals surface area contributed by atoms with Gasteiger partial charge in [-0.1, -0.05) is 59.2 Å². The number of pyridine rings is 2. The standard InChI is InChI=1S/C34H35ClN6O3/c1-22-29-31(38-44-22)30-26(35)13-8-14-27(30)41(34(29)43)25-12-7-11-24(21-25)37-33(42)32(23-9-3-2-4-10-23)40-19-17-39(18-20-40)28-15-5-6-16-36-28/h2-6,8-10,13-16,24-25,32H,7,11-12,17-21H2,1H3,(H,37,42). The Kier molecular flexibility index (Phi) is 7.82. The van der Waals surface area contributed by atoms with Gasteiger partial charge in [-0.2, -0.15) is 0 Å². The summed E-state index contributed by atoms with van der Waals surface area (Å²) >= 11 is 6.65. The molecule has 10 heteroatoms. The van der Waals surface area contributed by atoms with Gasteiger partial charge in [0.25, 0.3) is 5.56 Å². The minimum Gasteiger partial charge on any atom is -0.360 e. The van der Waals surface area contributed by atoms with E-state index in [4.69, 9.17) is 16.1 Å². The van der Waals surface area contributed by atoms with Crippen molar-refractivity contribution >= 4 is 45.1 Å². The minimum atomic E-state index is -0.402. The number of rotatable bonds is 6. The SMILES string of the molecule is Cc1onc2c1c(=O)n(C1CCCC(NC(=O)C(c3ccccc3)N3CCN(c4ccccn4)CC3)C1)c1cccc(Cl)c21. The van der Waals surface area contributed by atoms with Gasteiger partial charge in [-0.15, -0.1) is 0 Å². The molecule has 3 atom stereocenters. The molecule has 1 amide bonds. The molecule has 1 saturated heterocycles. The van der Waals surface area contributed by atoms with Crippen LogP contribution in [0.25, 0.3) is 21.8 Å². The molecule has 4 heterocycles. The zero-order valence-electron chi connectivity index (χ0n) is 24.7. The number of nitrogens with zero attached hydrogens (tertiary/aromatic N) is 5. The lowest BCUT2D eigenvalue weighted by Gasteiger charge is -2.40.